The topological polar surface area (TPSA) is 21.3 Å². The van der Waals surface area contributed by atoms with Crippen molar-refractivity contribution in [3.05, 3.63) is 59.7 Å². The Morgan fingerprint density at radius 2 is 1.80 bits per heavy atom. The van der Waals surface area contributed by atoms with Gasteiger partial charge in [0.2, 0.25) is 0 Å². The van der Waals surface area contributed by atoms with E-state index in [-0.39, 0.29) is 5.41 Å². The maximum Gasteiger partial charge on any atom is 0.124 e. The van der Waals surface area contributed by atoms with E-state index < -0.39 is 0 Å². The monoisotopic (exact) mass is 265 g/mol. The molecule has 0 spiro atoms. The molecule has 2 aromatic carbocycles. The van der Waals surface area contributed by atoms with Gasteiger partial charge in [0.1, 0.15) is 5.75 Å². The van der Waals surface area contributed by atoms with Gasteiger partial charge in [0.15, 0.2) is 0 Å². The Morgan fingerprint density at radius 1 is 1.05 bits per heavy atom. The van der Waals surface area contributed by atoms with Gasteiger partial charge in [0, 0.05) is 22.6 Å². The first-order chi connectivity index (χ1) is 9.68. The molecule has 0 radical (unpaired) electrons. The van der Waals surface area contributed by atoms with Crippen LogP contribution in [0.4, 0.5) is 5.69 Å². The van der Waals surface area contributed by atoms with Crippen molar-refractivity contribution < 1.29 is 4.74 Å². The summed E-state index contributed by atoms with van der Waals surface area (Å²) < 4.78 is 6.00. The Bertz CT molecular complexity index is 662. The quantitative estimate of drug-likeness (QED) is 0.773. The summed E-state index contributed by atoms with van der Waals surface area (Å²) in [5.74, 6) is 1.48. The molecular formula is C18H19NO. The van der Waals surface area contributed by atoms with Crippen LogP contribution in [0.3, 0.4) is 0 Å². The predicted octanol–water partition coefficient (Wildman–Crippen LogP) is 4.14. The van der Waals surface area contributed by atoms with Crippen molar-refractivity contribution in [1.29, 1.82) is 0 Å². The van der Waals surface area contributed by atoms with Crippen molar-refractivity contribution in [2.45, 2.75) is 25.3 Å². The second kappa shape index (κ2) is 4.02. The summed E-state index contributed by atoms with van der Waals surface area (Å²) in [6, 6.07) is 17.4. The second-order valence-corrected chi connectivity index (χ2v) is 6.34. The minimum absolute atomic E-state index is 0.111. The second-order valence-electron chi connectivity index (χ2n) is 6.34. The molecule has 0 aromatic heterocycles. The van der Waals surface area contributed by atoms with Crippen molar-refractivity contribution in [2.75, 3.05) is 11.9 Å². The Labute approximate surface area is 119 Å². The van der Waals surface area contributed by atoms with Crippen molar-refractivity contribution in [3.8, 4) is 5.75 Å². The molecule has 1 N–H and O–H groups in total. The number of para-hydroxylation sites is 2. The fourth-order valence-corrected chi connectivity index (χ4v) is 3.70. The molecule has 2 aliphatic heterocycles. The summed E-state index contributed by atoms with van der Waals surface area (Å²) in [5.41, 5.74) is 4.05. The maximum absolute atomic E-state index is 6.00. The van der Waals surface area contributed by atoms with Crippen LogP contribution in [-0.4, -0.2) is 6.61 Å². The third-order valence-electron chi connectivity index (χ3n) is 4.93. The van der Waals surface area contributed by atoms with Crippen LogP contribution >= 0.6 is 0 Å². The highest BCUT2D eigenvalue weighted by atomic mass is 16.5. The van der Waals surface area contributed by atoms with E-state index in [1.807, 2.05) is 6.07 Å². The maximum atomic E-state index is 6.00. The minimum atomic E-state index is 0.111. The SMILES string of the molecule is CC1(C)c2ccccc2N[C@@H]2c3ccccc3OC[C@H]21. The van der Waals surface area contributed by atoms with Crippen LogP contribution in [0.25, 0.3) is 0 Å². The molecule has 0 saturated carbocycles. The summed E-state index contributed by atoms with van der Waals surface area (Å²) in [6.45, 7) is 5.44. The molecule has 2 nitrogen and oxygen atoms in total. The number of anilines is 1. The van der Waals surface area contributed by atoms with E-state index in [0.29, 0.717) is 12.0 Å². The van der Waals surface area contributed by atoms with Crippen LogP contribution < -0.4 is 10.1 Å². The van der Waals surface area contributed by atoms with Gasteiger partial charge in [-0.2, -0.15) is 0 Å². The molecule has 2 heteroatoms. The Balaban J connectivity index is 1.88. The number of hydrogen-bond donors (Lipinski definition) is 1. The van der Waals surface area contributed by atoms with Crippen molar-refractivity contribution in [1.82, 2.24) is 0 Å². The lowest BCUT2D eigenvalue weighted by Gasteiger charge is -2.48. The van der Waals surface area contributed by atoms with Crippen LogP contribution in [0.15, 0.2) is 48.5 Å². The number of hydrogen-bond acceptors (Lipinski definition) is 2. The summed E-state index contributed by atoms with van der Waals surface area (Å²) in [7, 11) is 0. The standard InChI is InChI=1S/C18H19NO/c1-18(2)13-8-4-5-9-15(13)19-17-12-7-3-6-10-16(12)20-11-14(17)18/h3-10,14,17,19H,11H2,1-2H3/t14-,17-/m1/s1. The smallest absolute Gasteiger partial charge is 0.124 e. The predicted molar refractivity (Wildman–Crippen MR) is 81.3 cm³/mol. The molecule has 0 unspecified atom stereocenters. The summed E-state index contributed by atoms with van der Waals surface area (Å²) in [4.78, 5) is 0. The van der Waals surface area contributed by atoms with Gasteiger partial charge in [-0.15, -0.1) is 0 Å². The molecule has 20 heavy (non-hydrogen) atoms. The average molecular weight is 265 g/mol. The Morgan fingerprint density at radius 3 is 2.70 bits per heavy atom. The van der Waals surface area contributed by atoms with E-state index >= 15 is 0 Å². The van der Waals surface area contributed by atoms with Crippen molar-refractivity contribution in [2.24, 2.45) is 5.92 Å². The van der Waals surface area contributed by atoms with E-state index in [1.165, 1.54) is 16.8 Å². The van der Waals surface area contributed by atoms with Gasteiger partial charge in [-0.3, -0.25) is 0 Å². The zero-order valence-electron chi connectivity index (χ0n) is 11.9. The molecule has 0 aliphatic carbocycles. The number of ether oxygens (including phenoxy) is 1. The fourth-order valence-electron chi connectivity index (χ4n) is 3.70. The Kier molecular flexibility index (Phi) is 2.38. The first-order valence-corrected chi connectivity index (χ1v) is 7.26. The number of rotatable bonds is 0. The highest BCUT2D eigenvalue weighted by molar-refractivity contribution is 5.60. The fraction of sp³-hybridized carbons (Fsp3) is 0.333. The van der Waals surface area contributed by atoms with Crippen molar-refractivity contribution >= 4 is 5.69 Å². The van der Waals surface area contributed by atoms with Gasteiger partial charge in [-0.25, -0.2) is 0 Å². The lowest BCUT2D eigenvalue weighted by Crippen LogP contribution is -2.46. The lowest BCUT2D eigenvalue weighted by atomic mass is 9.65. The molecule has 102 valence electrons. The lowest BCUT2D eigenvalue weighted by molar-refractivity contribution is 0.136. The van der Waals surface area contributed by atoms with E-state index in [9.17, 15) is 0 Å². The minimum Gasteiger partial charge on any atom is -0.493 e. The largest absolute Gasteiger partial charge is 0.493 e. The van der Waals surface area contributed by atoms with Crippen LogP contribution in [0.5, 0.6) is 5.75 Å². The molecule has 4 rings (SSSR count). The van der Waals surface area contributed by atoms with Gasteiger partial charge < -0.3 is 10.1 Å². The van der Waals surface area contributed by atoms with Gasteiger partial charge in [0.25, 0.3) is 0 Å². The van der Waals surface area contributed by atoms with E-state index in [1.54, 1.807) is 0 Å². The first kappa shape index (κ1) is 11.8. The highest BCUT2D eigenvalue weighted by Crippen LogP contribution is 2.51. The molecule has 0 amide bonds. The van der Waals surface area contributed by atoms with Gasteiger partial charge in [-0.05, 0) is 17.7 Å². The molecule has 2 aliphatic rings. The molecule has 0 saturated heterocycles. The Hall–Kier alpha value is -1.96. The van der Waals surface area contributed by atoms with Gasteiger partial charge >= 0.3 is 0 Å². The van der Waals surface area contributed by atoms with E-state index in [4.69, 9.17) is 4.74 Å². The number of nitrogens with one attached hydrogen (secondary N) is 1. The average Bonchev–Trinajstić information content (AvgIpc) is 2.47. The first-order valence-electron chi connectivity index (χ1n) is 7.26. The summed E-state index contributed by atoms with van der Waals surface area (Å²) >= 11 is 0. The molecule has 0 bridgehead atoms. The zero-order chi connectivity index (χ0) is 13.7. The van der Waals surface area contributed by atoms with Gasteiger partial charge in [0.05, 0.1) is 12.6 Å². The normalized spacial score (nSPS) is 25.5. The van der Waals surface area contributed by atoms with Gasteiger partial charge in [-0.1, -0.05) is 50.2 Å². The molecular weight excluding hydrogens is 246 g/mol. The molecule has 2 aromatic rings. The van der Waals surface area contributed by atoms with Crippen LogP contribution in [0, 0.1) is 5.92 Å². The molecule has 2 heterocycles. The van der Waals surface area contributed by atoms with E-state index in [2.05, 4.69) is 61.6 Å². The highest BCUT2D eigenvalue weighted by Gasteiger charge is 2.45. The van der Waals surface area contributed by atoms with Crippen LogP contribution in [0.1, 0.15) is 31.0 Å². The summed E-state index contributed by atoms with van der Waals surface area (Å²) in [5, 5.41) is 3.73. The van der Waals surface area contributed by atoms with Crippen molar-refractivity contribution in [3.63, 3.8) is 0 Å². The van der Waals surface area contributed by atoms with Crippen LogP contribution in [-0.2, 0) is 5.41 Å². The third kappa shape index (κ3) is 1.51. The number of benzene rings is 2. The number of fused-ring (bicyclic) bond motifs is 4. The third-order valence-corrected chi connectivity index (χ3v) is 4.93. The van der Waals surface area contributed by atoms with E-state index in [0.717, 1.165) is 12.4 Å². The summed E-state index contributed by atoms with van der Waals surface area (Å²) in [6.07, 6.45) is 0. The molecule has 2 atom stereocenters. The van der Waals surface area contributed by atoms with Crippen LogP contribution in [0.2, 0.25) is 0 Å². The zero-order valence-corrected chi connectivity index (χ0v) is 11.9. The molecule has 0 fully saturated rings.